The Hall–Kier alpha value is -1.64. The number of ketones is 1. The molecule has 0 heterocycles. The van der Waals surface area contributed by atoms with E-state index in [0.29, 0.717) is 5.02 Å². The second-order valence-corrected chi connectivity index (χ2v) is 7.70. The predicted molar refractivity (Wildman–Crippen MR) is 85.0 cm³/mol. The quantitative estimate of drug-likeness (QED) is 0.512. The third-order valence-corrected chi connectivity index (χ3v) is 4.88. The number of nitrogens with one attached hydrogen (secondary N) is 1. The number of amides is 1. The van der Waals surface area contributed by atoms with Crippen LogP contribution in [0.5, 0.6) is 0 Å². The molecule has 0 saturated carbocycles. The van der Waals surface area contributed by atoms with Crippen LogP contribution in [0.25, 0.3) is 0 Å². The minimum absolute atomic E-state index is 0.167. The van der Waals surface area contributed by atoms with Crippen LogP contribution >= 0.6 is 11.6 Å². The predicted octanol–water partition coefficient (Wildman–Crippen LogP) is 0.677. The van der Waals surface area contributed by atoms with Gasteiger partial charge in [0, 0.05) is 22.7 Å². The van der Waals surface area contributed by atoms with Crippen LogP contribution in [0.3, 0.4) is 0 Å². The summed E-state index contributed by atoms with van der Waals surface area (Å²) in [4.78, 5) is 23.8. The number of hydrogen-bond donors (Lipinski definition) is 3. The zero-order valence-corrected chi connectivity index (χ0v) is 13.7. The lowest BCUT2D eigenvalue weighted by atomic mass is 10.0. The number of anilines is 1. The lowest BCUT2D eigenvalue weighted by molar-refractivity contribution is -0.120. The van der Waals surface area contributed by atoms with E-state index in [1.165, 1.54) is 32.0 Å². The van der Waals surface area contributed by atoms with E-state index in [1.54, 1.807) is 0 Å². The molecule has 0 radical (unpaired) electrons. The minimum Gasteiger partial charge on any atom is -0.398 e. The van der Waals surface area contributed by atoms with Crippen molar-refractivity contribution in [2.24, 2.45) is 5.73 Å². The van der Waals surface area contributed by atoms with E-state index in [-0.39, 0.29) is 17.7 Å². The van der Waals surface area contributed by atoms with Crippen molar-refractivity contribution in [2.45, 2.75) is 31.6 Å². The third kappa shape index (κ3) is 4.69. The van der Waals surface area contributed by atoms with Gasteiger partial charge in [-0.2, -0.15) is 0 Å². The van der Waals surface area contributed by atoms with Gasteiger partial charge in [0.2, 0.25) is 10.0 Å². The zero-order chi connectivity index (χ0) is 17.1. The first-order valence-electron chi connectivity index (χ1n) is 6.44. The number of carbonyl (C=O) groups is 2. The van der Waals surface area contributed by atoms with Gasteiger partial charge >= 0.3 is 0 Å². The van der Waals surface area contributed by atoms with Gasteiger partial charge in [0.15, 0.2) is 5.78 Å². The van der Waals surface area contributed by atoms with Crippen molar-refractivity contribution < 1.29 is 18.0 Å². The van der Waals surface area contributed by atoms with Crippen molar-refractivity contribution in [1.82, 2.24) is 4.72 Å². The number of benzene rings is 1. The highest BCUT2D eigenvalue weighted by Gasteiger charge is 2.25. The first kappa shape index (κ1) is 18.4. The van der Waals surface area contributed by atoms with Crippen molar-refractivity contribution in [1.29, 1.82) is 0 Å². The van der Waals surface area contributed by atoms with Crippen molar-refractivity contribution in [3.8, 4) is 0 Å². The topological polar surface area (TPSA) is 132 Å². The Kier molecular flexibility index (Phi) is 5.92. The SMILES string of the molecule is CC(C)S(=O)(=O)NC(=O)C(N)CC(=O)c1ccc(Cl)cc1N. The molecule has 0 fully saturated rings. The van der Waals surface area contributed by atoms with Crippen LogP contribution in [0.15, 0.2) is 18.2 Å². The average Bonchev–Trinajstić information content (AvgIpc) is 2.37. The van der Waals surface area contributed by atoms with Crippen LogP contribution in [-0.2, 0) is 14.8 Å². The fraction of sp³-hybridized carbons (Fsp3) is 0.385. The summed E-state index contributed by atoms with van der Waals surface area (Å²) in [6.45, 7) is 2.83. The van der Waals surface area contributed by atoms with E-state index in [9.17, 15) is 18.0 Å². The third-order valence-electron chi connectivity index (χ3n) is 2.92. The summed E-state index contributed by atoms with van der Waals surface area (Å²) >= 11 is 5.73. The number of carbonyl (C=O) groups excluding carboxylic acids is 2. The van der Waals surface area contributed by atoms with Crippen LogP contribution in [-0.4, -0.2) is 31.4 Å². The molecule has 1 amide bonds. The molecule has 9 heteroatoms. The standard InChI is InChI=1S/C13H18ClN3O4S/c1-7(2)22(20,21)17-13(19)11(16)6-12(18)9-4-3-8(14)5-10(9)15/h3-5,7,11H,6,15-16H2,1-2H3,(H,17,19). The van der Waals surface area contributed by atoms with Crippen molar-refractivity contribution in [3.05, 3.63) is 28.8 Å². The van der Waals surface area contributed by atoms with E-state index >= 15 is 0 Å². The molecule has 0 aromatic heterocycles. The van der Waals surface area contributed by atoms with E-state index in [4.69, 9.17) is 23.1 Å². The van der Waals surface area contributed by atoms with E-state index in [2.05, 4.69) is 0 Å². The van der Waals surface area contributed by atoms with Gasteiger partial charge in [0.1, 0.15) is 0 Å². The van der Waals surface area contributed by atoms with Crippen LogP contribution in [0.4, 0.5) is 5.69 Å². The van der Waals surface area contributed by atoms with Gasteiger partial charge in [0.25, 0.3) is 5.91 Å². The highest BCUT2D eigenvalue weighted by molar-refractivity contribution is 7.90. The molecule has 1 atom stereocenters. The highest BCUT2D eigenvalue weighted by Crippen LogP contribution is 2.19. The normalized spacial score (nSPS) is 13.0. The summed E-state index contributed by atoms with van der Waals surface area (Å²) in [5.74, 6) is -1.41. The fourth-order valence-corrected chi connectivity index (χ4v) is 2.37. The zero-order valence-electron chi connectivity index (χ0n) is 12.2. The Morgan fingerprint density at radius 1 is 1.32 bits per heavy atom. The molecule has 0 aliphatic carbocycles. The van der Waals surface area contributed by atoms with Gasteiger partial charge in [-0.05, 0) is 32.0 Å². The van der Waals surface area contributed by atoms with Gasteiger partial charge in [-0.3, -0.25) is 14.3 Å². The van der Waals surface area contributed by atoms with Crippen LogP contribution in [0.1, 0.15) is 30.6 Å². The summed E-state index contributed by atoms with van der Waals surface area (Å²) < 4.78 is 25.0. The van der Waals surface area contributed by atoms with Crippen molar-refractivity contribution in [3.63, 3.8) is 0 Å². The second-order valence-electron chi connectivity index (χ2n) is 5.03. The number of sulfonamides is 1. The molecule has 5 N–H and O–H groups in total. The molecule has 122 valence electrons. The molecular formula is C13H18ClN3O4S. The first-order valence-corrected chi connectivity index (χ1v) is 8.36. The molecule has 1 unspecified atom stereocenters. The van der Waals surface area contributed by atoms with Crippen LogP contribution < -0.4 is 16.2 Å². The van der Waals surface area contributed by atoms with Gasteiger partial charge in [-0.15, -0.1) is 0 Å². The number of hydrogen-bond acceptors (Lipinski definition) is 6. The largest absolute Gasteiger partial charge is 0.398 e. The van der Waals surface area contributed by atoms with Gasteiger partial charge in [0.05, 0.1) is 11.3 Å². The number of Topliss-reactive ketones (excluding diaryl/α,β-unsaturated/α-hetero) is 1. The summed E-state index contributed by atoms with van der Waals surface area (Å²) in [6.07, 6.45) is -0.370. The molecule has 7 nitrogen and oxygen atoms in total. The summed E-state index contributed by atoms with van der Waals surface area (Å²) in [5.41, 5.74) is 11.6. The van der Waals surface area contributed by atoms with Gasteiger partial charge < -0.3 is 11.5 Å². The Morgan fingerprint density at radius 2 is 1.91 bits per heavy atom. The fourth-order valence-electron chi connectivity index (χ4n) is 1.52. The van der Waals surface area contributed by atoms with E-state index in [0.717, 1.165) is 0 Å². The molecule has 0 aliphatic heterocycles. The monoisotopic (exact) mass is 347 g/mol. The molecular weight excluding hydrogens is 330 g/mol. The summed E-state index contributed by atoms with van der Waals surface area (Å²) in [6, 6.07) is 3.02. The molecule has 1 rings (SSSR count). The molecule has 0 saturated heterocycles. The maximum Gasteiger partial charge on any atom is 0.250 e. The first-order chi connectivity index (χ1) is 10.0. The maximum atomic E-state index is 12.1. The molecule has 0 spiro atoms. The molecule has 22 heavy (non-hydrogen) atoms. The molecule has 0 bridgehead atoms. The number of nitrogens with two attached hydrogens (primary N) is 2. The number of halogens is 1. The minimum atomic E-state index is -3.79. The Bertz CT molecular complexity index is 689. The highest BCUT2D eigenvalue weighted by atomic mass is 35.5. The van der Waals surface area contributed by atoms with E-state index in [1.807, 2.05) is 4.72 Å². The Balaban J connectivity index is 2.78. The van der Waals surface area contributed by atoms with Crippen molar-refractivity contribution >= 4 is 39.0 Å². The van der Waals surface area contributed by atoms with Crippen LogP contribution in [0, 0.1) is 0 Å². The Labute approximate surface area is 134 Å². The number of rotatable bonds is 6. The maximum absolute atomic E-state index is 12.1. The second kappa shape index (κ2) is 7.08. The summed E-state index contributed by atoms with van der Waals surface area (Å²) in [5, 5.41) is -0.412. The van der Waals surface area contributed by atoms with Gasteiger partial charge in [-0.25, -0.2) is 8.42 Å². The molecule has 0 aliphatic rings. The summed E-state index contributed by atoms with van der Waals surface area (Å²) in [7, 11) is -3.79. The van der Waals surface area contributed by atoms with Gasteiger partial charge in [-0.1, -0.05) is 11.6 Å². The molecule has 1 aromatic rings. The Morgan fingerprint density at radius 3 is 2.41 bits per heavy atom. The van der Waals surface area contributed by atoms with Crippen molar-refractivity contribution in [2.75, 3.05) is 5.73 Å². The number of nitrogen functional groups attached to an aromatic ring is 1. The molecule has 1 aromatic carbocycles. The van der Waals surface area contributed by atoms with Crippen LogP contribution in [0.2, 0.25) is 5.02 Å². The van der Waals surface area contributed by atoms with E-state index < -0.39 is 33.0 Å². The smallest absolute Gasteiger partial charge is 0.250 e. The average molecular weight is 348 g/mol. The lowest BCUT2D eigenvalue weighted by Gasteiger charge is -2.14. The lowest BCUT2D eigenvalue weighted by Crippen LogP contribution is -2.46.